The highest BCUT2D eigenvalue weighted by molar-refractivity contribution is 7.10. The third kappa shape index (κ3) is 4.14. The lowest BCUT2D eigenvalue weighted by molar-refractivity contribution is -0.0383. The van der Waals surface area contributed by atoms with Gasteiger partial charge in [0, 0.05) is 29.0 Å². The monoisotopic (exact) mass is 251 g/mol. The van der Waals surface area contributed by atoms with Crippen LogP contribution < -0.4 is 5.73 Å². The van der Waals surface area contributed by atoms with E-state index in [9.17, 15) is 0 Å². The van der Waals surface area contributed by atoms with E-state index in [1.807, 2.05) is 5.38 Å². The highest BCUT2D eigenvalue weighted by atomic mass is 32.1. The molecule has 1 aromatic heterocycles. The first-order valence-electron chi connectivity index (χ1n) is 5.84. The zero-order valence-electron chi connectivity index (χ0n) is 9.78. The molecule has 92 valence electrons. The molecule has 1 aliphatic rings. The molecule has 0 bridgehead atoms. The van der Waals surface area contributed by atoms with Crippen LogP contribution in [0.5, 0.6) is 0 Å². The Labute approximate surface area is 106 Å². The molecule has 0 radical (unpaired) electrons. The molecule has 0 spiro atoms. The lowest BCUT2D eigenvalue weighted by Crippen LogP contribution is -2.23. The van der Waals surface area contributed by atoms with Gasteiger partial charge in [0.2, 0.25) is 0 Å². The van der Waals surface area contributed by atoms with E-state index >= 15 is 0 Å². The van der Waals surface area contributed by atoms with Gasteiger partial charge in [-0.3, -0.25) is 0 Å². The van der Waals surface area contributed by atoms with Crippen molar-refractivity contribution in [2.45, 2.75) is 25.6 Å². The smallest absolute Gasteiger partial charge is 0.0813 e. The molecule has 3 nitrogen and oxygen atoms in total. The first-order chi connectivity index (χ1) is 8.38. The fourth-order valence-corrected chi connectivity index (χ4v) is 2.45. The molecule has 0 aliphatic carbocycles. The molecular weight excluding hydrogens is 234 g/mol. The Kier molecular flexibility index (Phi) is 5.02. The fourth-order valence-electron chi connectivity index (χ4n) is 1.72. The van der Waals surface area contributed by atoms with E-state index in [1.54, 1.807) is 11.3 Å². The van der Waals surface area contributed by atoms with Gasteiger partial charge in [-0.25, -0.2) is 0 Å². The van der Waals surface area contributed by atoms with Crippen LogP contribution in [0.25, 0.3) is 0 Å². The third-order valence-corrected chi connectivity index (χ3v) is 3.53. The van der Waals surface area contributed by atoms with Crippen molar-refractivity contribution in [3.05, 3.63) is 21.9 Å². The summed E-state index contributed by atoms with van der Waals surface area (Å²) in [6, 6.07) is 2.08. The standard InChI is InChI=1S/C13H17NO2S/c14-5-1-2-11-8-13(17-10-11)9-16-12-3-6-15-7-4-12/h8,10,12H,3-7,9,14H2. The third-order valence-electron chi connectivity index (χ3n) is 2.62. The number of nitrogens with two attached hydrogens (primary N) is 1. The summed E-state index contributed by atoms with van der Waals surface area (Å²) >= 11 is 1.69. The van der Waals surface area contributed by atoms with E-state index in [2.05, 4.69) is 17.9 Å². The van der Waals surface area contributed by atoms with Gasteiger partial charge in [-0.2, -0.15) is 0 Å². The highest BCUT2D eigenvalue weighted by Crippen LogP contribution is 2.18. The van der Waals surface area contributed by atoms with E-state index in [-0.39, 0.29) is 0 Å². The van der Waals surface area contributed by atoms with Crippen LogP contribution >= 0.6 is 11.3 Å². The molecule has 0 aromatic carbocycles. The largest absolute Gasteiger partial charge is 0.381 e. The van der Waals surface area contributed by atoms with Crippen LogP contribution in [0, 0.1) is 11.8 Å². The Morgan fingerprint density at radius 2 is 2.29 bits per heavy atom. The molecule has 17 heavy (non-hydrogen) atoms. The summed E-state index contributed by atoms with van der Waals surface area (Å²) < 4.78 is 11.1. The molecular formula is C13H17NO2S. The van der Waals surface area contributed by atoms with E-state index < -0.39 is 0 Å². The Morgan fingerprint density at radius 3 is 3.06 bits per heavy atom. The summed E-state index contributed by atoms with van der Waals surface area (Å²) in [6.45, 7) is 2.73. The Bertz CT molecular complexity index is 399. The van der Waals surface area contributed by atoms with Crippen LogP contribution in [-0.2, 0) is 16.1 Å². The average molecular weight is 251 g/mol. The van der Waals surface area contributed by atoms with Crippen molar-refractivity contribution in [1.82, 2.24) is 0 Å². The van der Waals surface area contributed by atoms with Crippen molar-refractivity contribution >= 4 is 11.3 Å². The SMILES string of the molecule is NCC#Cc1csc(COC2CCOCC2)c1. The summed E-state index contributed by atoms with van der Waals surface area (Å²) in [6.07, 6.45) is 2.36. The highest BCUT2D eigenvalue weighted by Gasteiger charge is 2.14. The zero-order valence-corrected chi connectivity index (χ0v) is 10.6. The molecule has 0 saturated carbocycles. The summed E-state index contributed by atoms with van der Waals surface area (Å²) in [7, 11) is 0. The van der Waals surface area contributed by atoms with Crippen molar-refractivity contribution in [2.75, 3.05) is 19.8 Å². The Morgan fingerprint density at radius 1 is 1.47 bits per heavy atom. The topological polar surface area (TPSA) is 44.5 Å². The van der Waals surface area contributed by atoms with Gasteiger partial charge in [0.15, 0.2) is 0 Å². The molecule has 2 N–H and O–H groups in total. The van der Waals surface area contributed by atoms with Gasteiger partial charge >= 0.3 is 0 Å². The lowest BCUT2D eigenvalue weighted by Gasteiger charge is -2.21. The average Bonchev–Trinajstić information content (AvgIpc) is 2.83. The van der Waals surface area contributed by atoms with E-state index in [0.29, 0.717) is 19.3 Å². The molecule has 0 amide bonds. The van der Waals surface area contributed by atoms with Gasteiger partial charge < -0.3 is 15.2 Å². The molecule has 2 heterocycles. The first kappa shape index (κ1) is 12.6. The van der Waals surface area contributed by atoms with Crippen molar-refractivity contribution in [2.24, 2.45) is 5.73 Å². The molecule has 1 saturated heterocycles. The van der Waals surface area contributed by atoms with Crippen LogP contribution in [0.15, 0.2) is 11.4 Å². The number of thiophene rings is 1. The molecule has 0 atom stereocenters. The van der Waals surface area contributed by atoms with E-state index in [0.717, 1.165) is 31.6 Å². The second kappa shape index (κ2) is 6.77. The molecule has 1 aromatic rings. The normalized spacial score (nSPS) is 16.5. The molecule has 4 heteroatoms. The molecule has 0 unspecified atom stereocenters. The van der Waals surface area contributed by atoms with E-state index in [4.69, 9.17) is 15.2 Å². The Balaban J connectivity index is 1.80. The second-order valence-corrected chi connectivity index (χ2v) is 4.93. The maximum atomic E-state index is 5.84. The van der Waals surface area contributed by atoms with Crippen molar-refractivity contribution in [1.29, 1.82) is 0 Å². The van der Waals surface area contributed by atoms with Gasteiger partial charge in [-0.15, -0.1) is 11.3 Å². The van der Waals surface area contributed by atoms with Crippen molar-refractivity contribution in [3.8, 4) is 11.8 Å². The van der Waals surface area contributed by atoms with Crippen molar-refractivity contribution < 1.29 is 9.47 Å². The predicted molar refractivity (Wildman–Crippen MR) is 68.9 cm³/mol. The second-order valence-electron chi connectivity index (χ2n) is 3.93. The lowest BCUT2D eigenvalue weighted by atomic mass is 10.1. The quantitative estimate of drug-likeness (QED) is 0.832. The van der Waals surface area contributed by atoms with Gasteiger partial charge in [0.1, 0.15) is 0 Å². The minimum atomic E-state index is 0.351. The first-order valence-corrected chi connectivity index (χ1v) is 6.72. The van der Waals surface area contributed by atoms with Crippen molar-refractivity contribution in [3.63, 3.8) is 0 Å². The van der Waals surface area contributed by atoms with Gasteiger partial charge in [0.05, 0.1) is 19.3 Å². The molecule has 2 rings (SSSR count). The minimum Gasteiger partial charge on any atom is -0.381 e. The van der Waals surface area contributed by atoms with Crippen LogP contribution in [0.3, 0.4) is 0 Å². The summed E-state index contributed by atoms with van der Waals surface area (Å²) in [4.78, 5) is 1.22. The summed E-state index contributed by atoms with van der Waals surface area (Å²) in [5, 5.41) is 2.05. The number of hydrogen-bond acceptors (Lipinski definition) is 4. The van der Waals surface area contributed by atoms with Crippen LogP contribution in [0.4, 0.5) is 0 Å². The predicted octanol–water partition coefficient (Wildman–Crippen LogP) is 1.75. The fraction of sp³-hybridized carbons (Fsp3) is 0.538. The van der Waals surface area contributed by atoms with E-state index in [1.165, 1.54) is 4.88 Å². The number of rotatable bonds is 3. The molecule has 1 fully saturated rings. The van der Waals surface area contributed by atoms with Gasteiger partial charge in [-0.1, -0.05) is 11.8 Å². The van der Waals surface area contributed by atoms with Crippen LogP contribution in [0.2, 0.25) is 0 Å². The summed E-state index contributed by atoms with van der Waals surface area (Å²) in [5.74, 6) is 5.87. The van der Waals surface area contributed by atoms with Gasteiger partial charge in [-0.05, 0) is 18.9 Å². The molecule has 1 aliphatic heterocycles. The van der Waals surface area contributed by atoms with Gasteiger partial charge in [0.25, 0.3) is 0 Å². The summed E-state index contributed by atoms with van der Waals surface area (Å²) in [5.41, 5.74) is 6.37. The maximum absolute atomic E-state index is 5.84. The van der Waals surface area contributed by atoms with Crippen LogP contribution in [0.1, 0.15) is 23.3 Å². The zero-order chi connectivity index (χ0) is 11.9. The number of hydrogen-bond donors (Lipinski definition) is 1. The number of ether oxygens (including phenoxy) is 2. The minimum absolute atomic E-state index is 0.351. The Hall–Kier alpha value is -0.860. The van der Waals surface area contributed by atoms with Crippen LogP contribution in [-0.4, -0.2) is 25.9 Å². The maximum Gasteiger partial charge on any atom is 0.0813 e.